The van der Waals surface area contributed by atoms with Crippen LogP contribution in [0.1, 0.15) is 39.3 Å². The van der Waals surface area contributed by atoms with Gasteiger partial charge in [-0.1, -0.05) is 6.92 Å². The predicted molar refractivity (Wildman–Crippen MR) is 64.3 cm³/mol. The highest BCUT2D eigenvalue weighted by Crippen LogP contribution is 2.26. The third kappa shape index (κ3) is 3.49. The summed E-state index contributed by atoms with van der Waals surface area (Å²) in [6.45, 7) is 8.80. The Morgan fingerprint density at radius 1 is 1.31 bits per heavy atom. The highest BCUT2D eigenvalue weighted by molar-refractivity contribution is 5.36. The fraction of sp³-hybridized carbons (Fsp3) is 0.538. The molecule has 0 aromatic heterocycles. The second-order valence-corrected chi connectivity index (χ2v) is 4.13. The minimum Gasteiger partial charge on any atom is -0.491 e. The monoisotopic (exact) mass is 225 g/mol. The highest BCUT2D eigenvalue weighted by atomic mass is 19.1. The van der Waals surface area contributed by atoms with E-state index in [1.165, 1.54) is 12.1 Å². The molecule has 3 heteroatoms. The van der Waals surface area contributed by atoms with Crippen molar-refractivity contribution in [2.24, 2.45) is 0 Å². The highest BCUT2D eigenvalue weighted by Gasteiger charge is 2.12. The second kappa shape index (κ2) is 5.85. The van der Waals surface area contributed by atoms with E-state index in [9.17, 15) is 4.39 Å². The summed E-state index contributed by atoms with van der Waals surface area (Å²) in [5.74, 6) is 0.528. The van der Waals surface area contributed by atoms with Crippen LogP contribution in [0, 0.1) is 5.82 Å². The molecule has 0 saturated heterocycles. The lowest BCUT2D eigenvalue weighted by Gasteiger charge is -2.19. The maximum atomic E-state index is 13.2. The van der Waals surface area contributed by atoms with Gasteiger partial charge in [0.2, 0.25) is 0 Å². The molecule has 0 radical (unpaired) electrons. The van der Waals surface area contributed by atoms with Crippen LogP contribution in [0.2, 0.25) is 0 Å². The van der Waals surface area contributed by atoms with Crippen molar-refractivity contribution in [2.45, 2.75) is 39.8 Å². The molecule has 0 saturated carbocycles. The standard InChI is InChI=1S/C13H20FNO/c1-5-15-10(4)12-8-11(14)6-7-13(12)16-9(2)3/h6-10,15H,5H2,1-4H3. The van der Waals surface area contributed by atoms with E-state index in [0.29, 0.717) is 0 Å². The van der Waals surface area contributed by atoms with Crippen molar-refractivity contribution in [3.05, 3.63) is 29.6 Å². The summed E-state index contributed by atoms with van der Waals surface area (Å²) in [6.07, 6.45) is 0.0954. The van der Waals surface area contributed by atoms with Crippen molar-refractivity contribution in [3.63, 3.8) is 0 Å². The Bertz CT molecular complexity index is 339. The van der Waals surface area contributed by atoms with Crippen LogP contribution in [0.15, 0.2) is 18.2 Å². The zero-order valence-corrected chi connectivity index (χ0v) is 10.4. The maximum Gasteiger partial charge on any atom is 0.124 e. The van der Waals surface area contributed by atoms with Crippen molar-refractivity contribution >= 4 is 0 Å². The lowest BCUT2D eigenvalue weighted by molar-refractivity contribution is 0.237. The molecule has 0 heterocycles. The van der Waals surface area contributed by atoms with Crippen molar-refractivity contribution < 1.29 is 9.13 Å². The van der Waals surface area contributed by atoms with Crippen LogP contribution in [0.3, 0.4) is 0 Å². The Morgan fingerprint density at radius 2 is 2.00 bits per heavy atom. The lowest BCUT2D eigenvalue weighted by atomic mass is 10.1. The summed E-state index contributed by atoms with van der Waals surface area (Å²) < 4.78 is 18.9. The molecule has 0 amide bonds. The third-order valence-corrected chi connectivity index (χ3v) is 2.31. The summed E-state index contributed by atoms with van der Waals surface area (Å²) in [6, 6.07) is 4.75. The van der Waals surface area contributed by atoms with Crippen LogP contribution >= 0.6 is 0 Å². The molecule has 0 spiro atoms. The van der Waals surface area contributed by atoms with Crippen LogP contribution < -0.4 is 10.1 Å². The first kappa shape index (κ1) is 13.0. The van der Waals surface area contributed by atoms with Gasteiger partial charge < -0.3 is 10.1 Å². The van der Waals surface area contributed by atoms with E-state index < -0.39 is 0 Å². The summed E-state index contributed by atoms with van der Waals surface area (Å²) in [7, 11) is 0. The van der Waals surface area contributed by atoms with Crippen LogP contribution in [-0.2, 0) is 0 Å². The fourth-order valence-corrected chi connectivity index (χ4v) is 1.64. The Labute approximate surface area is 96.8 Å². The molecule has 2 nitrogen and oxygen atoms in total. The minimum absolute atomic E-state index is 0.0921. The molecule has 1 atom stereocenters. The average Bonchev–Trinajstić information content (AvgIpc) is 2.20. The molecule has 0 aliphatic rings. The van der Waals surface area contributed by atoms with Crippen LogP contribution in [0.25, 0.3) is 0 Å². The molecule has 0 aliphatic heterocycles. The SMILES string of the molecule is CCNC(C)c1cc(F)ccc1OC(C)C. The van der Waals surface area contributed by atoms with Crippen molar-refractivity contribution in [1.29, 1.82) is 0 Å². The largest absolute Gasteiger partial charge is 0.491 e. The Morgan fingerprint density at radius 3 is 2.56 bits per heavy atom. The van der Waals surface area contributed by atoms with Gasteiger partial charge in [-0.05, 0) is 45.5 Å². The number of hydrogen-bond donors (Lipinski definition) is 1. The van der Waals surface area contributed by atoms with Gasteiger partial charge in [0.25, 0.3) is 0 Å². The summed E-state index contributed by atoms with van der Waals surface area (Å²) in [4.78, 5) is 0. The summed E-state index contributed by atoms with van der Waals surface area (Å²) in [5.41, 5.74) is 0.871. The number of benzene rings is 1. The maximum absolute atomic E-state index is 13.2. The molecule has 1 rings (SSSR count). The number of ether oxygens (including phenoxy) is 1. The van der Waals surface area contributed by atoms with E-state index in [2.05, 4.69) is 5.32 Å². The van der Waals surface area contributed by atoms with Gasteiger partial charge in [0, 0.05) is 11.6 Å². The first-order valence-corrected chi connectivity index (χ1v) is 5.74. The van der Waals surface area contributed by atoms with Crippen LogP contribution in [0.4, 0.5) is 4.39 Å². The second-order valence-electron chi connectivity index (χ2n) is 4.13. The first-order valence-electron chi connectivity index (χ1n) is 5.74. The smallest absolute Gasteiger partial charge is 0.124 e. The van der Waals surface area contributed by atoms with Crippen LogP contribution in [-0.4, -0.2) is 12.6 Å². The van der Waals surface area contributed by atoms with Gasteiger partial charge in [0.15, 0.2) is 0 Å². The van der Waals surface area contributed by atoms with Crippen molar-refractivity contribution in [3.8, 4) is 5.75 Å². The molecule has 1 aromatic carbocycles. The summed E-state index contributed by atoms with van der Waals surface area (Å²) in [5, 5.41) is 3.26. The van der Waals surface area contributed by atoms with Gasteiger partial charge in [-0.2, -0.15) is 0 Å². The normalized spacial score (nSPS) is 12.9. The van der Waals surface area contributed by atoms with E-state index in [0.717, 1.165) is 17.9 Å². The number of nitrogens with one attached hydrogen (secondary N) is 1. The minimum atomic E-state index is -0.226. The molecule has 1 N–H and O–H groups in total. The number of hydrogen-bond acceptors (Lipinski definition) is 2. The molecule has 1 aromatic rings. The van der Waals surface area contributed by atoms with Crippen molar-refractivity contribution in [2.75, 3.05) is 6.54 Å². The van der Waals surface area contributed by atoms with Gasteiger partial charge in [0.1, 0.15) is 11.6 Å². The van der Waals surface area contributed by atoms with Gasteiger partial charge in [0.05, 0.1) is 6.10 Å². The van der Waals surface area contributed by atoms with Crippen molar-refractivity contribution in [1.82, 2.24) is 5.32 Å². The van der Waals surface area contributed by atoms with E-state index in [1.807, 2.05) is 27.7 Å². The van der Waals surface area contributed by atoms with Gasteiger partial charge >= 0.3 is 0 Å². The summed E-state index contributed by atoms with van der Waals surface area (Å²) >= 11 is 0. The molecule has 1 unspecified atom stereocenters. The Kier molecular flexibility index (Phi) is 4.74. The van der Waals surface area contributed by atoms with E-state index in [-0.39, 0.29) is 18.0 Å². The van der Waals surface area contributed by atoms with Gasteiger partial charge in [-0.25, -0.2) is 4.39 Å². The number of halogens is 1. The van der Waals surface area contributed by atoms with Gasteiger partial charge in [-0.15, -0.1) is 0 Å². The zero-order chi connectivity index (χ0) is 12.1. The molecule has 90 valence electrons. The third-order valence-electron chi connectivity index (χ3n) is 2.31. The Balaban J connectivity index is 2.97. The zero-order valence-electron chi connectivity index (χ0n) is 10.4. The quantitative estimate of drug-likeness (QED) is 0.830. The van der Waals surface area contributed by atoms with E-state index in [1.54, 1.807) is 6.07 Å². The Hall–Kier alpha value is -1.09. The average molecular weight is 225 g/mol. The fourth-order valence-electron chi connectivity index (χ4n) is 1.64. The molecule has 16 heavy (non-hydrogen) atoms. The topological polar surface area (TPSA) is 21.3 Å². The van der Waals surface area contributed by atoms with E-state index in [4.69, 9.17) is 4.74 Å². The lowest BCUT2D eigenvalue weighted by Crippen LogP contribution is -2.19. The molecule has 0 aliphatic carbocycles. The van der Waals surface area contributed by atoms with E-state index >= 15 is 0 Å². The molecular weight excluding hydrogens is 205 g/mol. The van der Waals surface area contributed by atoms with Crippen LogP contribution in [0.5, 0.6) is 5.75 Å². The number of rotatable bonds is 5. The van der Waals surface area contributed by atoms with Gasteiger partial charge in [-0.3, -0.25) is 0 Å². The molecule has 0 fully saturated rings. The molecule has 0 bridgehead atoms. The first-order chi connectivity index (χ1) is 7.54. The predicted octanol–water partition coefficient (Wildman–Crippen LogP) is 3.28. The molecular formula is C13H20FNO.